The van der Waals surface area contributed by atoms with Crippen LogP contribution in [0, 0.1) is 6.92 Å². The van der Waals surface area contributed by atoms with E-state index in [0.29, 0.717) is 44.3 Å². The Morgan fingerprint density at radius 2 is 1.53 bits per heavy atom. The molecule has 0 fully saturated rings. The maximum absolute atomic E-state index is 12.8. The van der Waals surface area contributed by atoms with Crippen LogP contribution in [0.5, 0.6) is 11.5 Å². The summed E-state index contributed by atoms with van der Waals surface area (Å²) in [5.41, 5.74) is 2.34. The Morgan fingerprint density at radius 3 is 2.19 bits per heavy atom. The molecule has 1 aliphatic rings. The minimum Gasteiger partial charge on any atom is -0.465 e. The average molecular weight is 449 g/mol. The third-order valence-electron chi connectivity index (χ3n) is 4.95. The highest BCUT2D eigenvalue weighted by Crippen LogP contribution is 2.39. The molecular formula is C25H17ClO6. The lowest BCUT2D eigenvalue weighted by atomic mass is 10.1. The number of ether oxygens (including phenoxy) is 3. The Hall–Kier alpha value is -3.90. The van der Waals surface area contributed by atoms with Crippen LogP contribution in [0.25, 0.3) is 6.08 Å². The van der Waals surface area contributed by atoms with E-state index in [4.69, 9.17) is 21.1 Å². The van der Waals surface area contributed by atoms with Gasteiger partial charge in [-0.15, -0.1) is 0 Å². The van der Waals surface area contributed by atoms with Gasteiger partial charge < -0.3 is 14.2 Å². The fraction of sp³-hybridized carbons (Fsp3) is 0.0800. The van der Waals surface area contributed by atoms with Crippen LogP contribution in [-0.2, 0) is 4.74 Å². The van der Waals surface area contributed by atoms with E-state index in [1.54, 1.807) is 73.7 Å². The summed E-state index contributed by atoms with van der Waals surface area (Å²) >= 11 is 5.85. The van der Waals surface area contributed by atoms with Crippen LogP contribution in [0.2, 0.25) is 5.02 Å². The Morgan fingerprint density at radius 1 is 0.906 bits per heavy atom. The van der Waals surface area contributed by atoms with Crippen molar-refractivity contribution < 1.29 is 28.6 Å². The van der Waals surface area contributed by atoms with Gasteiger partial charge in [0.2, 0.25) is 5.78 Å². The second kappa shape index (κ2) is 8.69. The summed E-state index contributed by atoms with van der Waals surface area (Å²) in [5.74, 6) is -0.503. The topological polar surface area (TPSA) is 78.9 Å². The Bertz CT molecular complexity index is 1260. The zero-order valence-corrected chi connectivity index (χ0v) is 17.9. The lowest BCUT2D eigenvalue weighted by Crippen LogP contribution is -2.09. The van der Waals surface area contributed by atoms with Gasteiger partial charge in [-0.05, 0) is 67.1 Å². The third kappa shape index (κ3) is 4.13. The van der Waals surface area contributed by atoms with E-state index in [2.05, 4.69) is 4.74 Å². The van der Waals surface area contributed by atoms with Crippen molar-refractivity contribution in [2.45, 2.75) is 6.92 Å². The predicted octanol–water partition coefficient (Wildman–Crippen LogP) is 5.27. The molecule has 0 amide bonds. The van der Waals surface area contributed by atoms with Crippen molar-refractivity contribution in [2.24, 2.45) is 0 Å². The molecule has 1 aliphatic heterocycles. The quantitative estimate of drug-likeness (QED) is 0.307. The van der Waals surface area contributed by atoms with Gasteiger partial charge >= 0.3 is 11.9 Å². The molecule has 0 aromatic heterocycles. The highest BCUT2D eigenvalue weighted by molar-refractivity contribution is 6.30. The molecule has 3 aromatic carbocycles. The van der Waals surface area contributed by atoms with E-state index in [1.165, 1.54) is 7.11 Å². The molecule has 0 saturated carbocycles. The summed E-state index contributed by atoms with van der Waals surface area (Å²) in [6.07, 6.45) is 1.59. The van der Waals surface area contributed by atoms with Crippen LogP contribution in [-0.4, -0.2) is 24.8 Å². The molecule has 0 spiro atoms. The number of allylic oxidation sites excluding steroid dienone is 1. The number of carbonyl (C=O) groups is 3. The first-order valence-electron chi connectivity index (χ1n) is 9.61. The van der Waals surface area contributed by atoms with E-state index in [-0.39, 0.29) is 11.5 Å². The lowest BCUT2D eigenvalue weighted by molar-refractivity contribution is 0.0600. The van der Waals surface area contributed by atoms with Crippen molar-refractivity contribution in [3.8, 4) is 11.5 Å². The minimum absolute atomic E-state index is 0.134. The summed E-state index contributed by atoms with van der Waals surface area (Å²) in [4.78, 5) is 36.8. The minimum atomic E-state index is -0.546. The predicted molar refractivity (Wildman–Crippen MR) is 118 cm³/mol. The number of esters is 2. The summed E-state index contributed by atoms with van der Waals surface area (Å²) in [6, 6.07) is 16.0. The van der Waals surface area contributed by atoms with Gasteiger partial charge in [0.1, 0.15) is 11.5 Å². The number of hydrogen-bond donors (Lipinski definition) is 0. The van der Waals surface area contributed by atoms with E-state index in [0.717, 1.165) is 0 Å². The molecule has 0 bridgehead atoms. The zero-order valence-electron chi connectivity index (χ0n) is 17.2. The molecule has 32 heavy (non-hydrogen) atoms. The van der Waals surface area contributed by atoms with Gasteiger partial charge in [0.05, 0.1) is 23.8 Å². The first kappa shape index (κ1) is 21.3. The second-order valence-electron chi connectivity index (χ2n) is 7.02. The van der Waals surface area contributed by atoms with Gasteiger partial charge in [0, 0.05) is 10.6 Å². The molecule has 0 unspecified atom stereocenters. The summed E-state index contributed by atoms with van der Waals surface area (Å²) < 4.78 is 16.0. The number of Topliss-reactive ketones (excluding diaryl/α,β-unsaturated/α-hetero) is 1. The smallest absolute Gasteiger partial charge is 0.343 e. The van der Waals surface area contributed by atoms with E-state index < -0.39 is 11.9 Å². The highest BCUT2D eigenvalue weighted by Gasteiger charge is 2.30. The molecule has 0 saturated heterocycles. The normalized spacial score (nSPS) is 13.5. The van der Waals surface area contributed by atoms with Crippen molar-refractivity contribution in [2.75, 3.05) is 7.11 Å². The molecule has 0 N–H and O–H groups in total. The summed E-state index contributed by atoms with van der Waals surface area (Å²) in [7, 11) is 1.31. The summed E-state index contributed by atoms with van der Waals surface area (Å²) in [6.45, 7) is 1.71. The van der Waals surface area contributed by atoms with Crippen LogP contribution in [0.4, 0.5) is 0 Å². The number of halogens is 1. The SMILES string of the molecule is COC(=O)c1ccc(/C=C2\Oc3c(ccc(OC(=O)c4ccc(Cl)cc4)c3C)C2=O)cc1. The first-order chi connectivity index (χ1) is 15.4. The molecular weight excluding hydrogens is 432 g/mol. The number of rotatable bonds is 4. The van der Waals surface area contributed by atoms with Crippen molar-refractivity contribution in [3.05, 3.63) is 99.3 Å². The van der Waals surface area contributed by atoms with Crippen molar-refractivity contribution in [3.63, 3.8) is 0 Å². The van der Waals surface area contributed by atoms with Gasteiger partial charge in [0.15, 0.2) is 5.76 Å². The molecule has 4 rings (SSSR count). The number of benzene rings is 3. The number of fused-ring (bicyclic) bond motifs is 1. The molecule has 3 aromatic rings. The van der Waals surface area contributed by atoms with Gasteiger partial charge in [-0.1, -0.05) is 23.7 Å². The van der Waals surface area contributed by atoms with Gasteiger partial charge in [0.25, 0.3) is 0 Å². The monoisotopic (exact) mass is 448 g/mol. The number of carbonyl (C=O) groups excluding carboxylic acids is 3. The van der Waals surface area contributed by atoms with Gasteiger partial charge in [-0.2, -0.15) is 0 Å². The van der Waals surface area contributed by atoms with Gasteiger partial charge in [-0.3, -0.25) is 4.79 Å². The maximum Gasteiger partial charge on any atom is 0.343 e. The number of ketones is 1. The standard InChI is InChI=1S/C25H17ClO6/c1-14-20(32-25(29)17-7-9-18(26)10-8-17)12-11-19-22(27)21(31-23(14)19)13-15-3-5-16(6-4-15)24(28)30-2/h3-13H,1-2H3/b21-13-. The molecule has 6 nitrogen and oxygen atoms in total. The first-order valence-corrected chi connectivity index (χ1v) is 9.99. The fourth-order valence-corrected chi connectivity index (χ4v) is 3.33. The van der Waals surface area contributed by atoms with Crippen molar-refractivity contribution in [1.82, 2.24) is 0 Å². The van der Waals surface area contributed by atoms with Gasteiger partial charge in [-0.25, -0.2) is 9.59 Å². The molecule has 0 atom stereocenters. The highest BCUT2D eigenvalue weighted by atomic mass is 35.5. The van der Waals surface area contributed by atoms with Crippen LogP contribution in [0.1, 0.15) is 42.2 Å². The summed E-state index contributed by atoms with van der Waals surface area (Å²) in [5, 5.41) is 0.515. The van der Waals surface area contributed by atoms with Crippen LogP contribution in [0.3, 0.4) is 0 Å². The molecule has 0 radical (unpaired) electrons. The van der Waals surface area contributed by atoms with E-state index in [1.807, 2.05) is 0 Å². The number of hydrogen-bond acceptors (Lipinski definition) is 6. The zero-order chi connectivity index (χ0) is 22.8. The fourth-order valence-electron chi connectivity index (χ4n) is 3.21. The molecule has 160 valence electrons. The van der Waals surface area contributed by atoms with Crippen molar-refractivity contribution >= 4 is 35.4 Å². The Labute approximate surface area is 189 Å². The maximum atomic E-state index is 12.8. The Balaban J connectivity index is 1.56. The average Bonchev–Trinajstić information content (AvgIpc) is 3.12. The lowest BCUT2D eigenvalue weighted by Gasteiger charge is -2.10. The van der Waals surface area contributed by atoms with Crippen LogP contribution >= 0.6 is 11.6 Å². The van der Waals surface area contributed by atoms with E-state index >= 15 is 0 Å². The third-order valence-corrected chi connectivity index (χ3v) is 5.20. The number of methoxy groups -OCH3 is 1. The van der Waals surface area contributed by atoms with Crippen LogP contribution < -0.4 is 9.47 Å². The molecule has 0 aliphatic carbocycles. The van der Waals surface area contributed by atoms with Crippen molar-refractivity contribution in [1.29, 1.82) is 0 Å². The Kier molecular flexibility index (Phi) is 5.79. The largest absolute Gasteiger partial charge is 0.465 e. The van der Waals surface area contributed by atoms with Crippen LogP contribution in [0.15, 0.2) is 66.4 Å². The molecule has 1 heterocycles. The molecule has 7 heteroatoms. The second-order valence-corrected chi connectivity index (χ2v) is 7.45. The van der Waals surface area contributed by atoms with E-state index in [9.17, 15) is 14.4 Å².